The summed E-state index contributed by atoms with van der Waals surface area (Å²) in [4.78, 5) is 4.34. The van der Waals surface area contributed by atoms with Crippen LogP contribution < -0.4 is 5.32 Å². The molecule has 0 bridgehead atoms. The second-order valence-corrected chi connectivity index (χ2v) is 4.56. The quantitative estimate of drug-likeness (QED) is 0.943. The molecule has 5 heteroatoms. The molecule has 2 aromatic rings. The summed E-state index contributed by atoms with van der Waals surface area (Å²) in [7, 11) is 1.87. The fourth-order valence-corrected chi connectivity index (χ4v) is 1.76. The minimum Gasteiger partial charge on any atom is -0.444 e. The van der Waals surface area contributed by atoms with Crippen LogP contribution in [0.2, 0.25) is 5.02 Å². The molecule has 0 radical (unpaired) electrons. The van der Waals surface area contributed by atoms with Crippen molar-refractivity contribution in [2.45, 2.75) is 6.54 Å². The molecule has 0 saturated carbocycles. The van der Waals surface area contributed by atoms with E-state index >= 15 is 0 Å². The largest absolute Gasteiger partial charge is 0.444 e. The standard InChI is InChI=1S/C11H10BrClN2O/c1-14-5-8-6-16-11(15-8)7-2-3-9(12)10(13)4-7/h2-4,6,14H,5H2,1H3. The van der Waals surface area contributed by atoms with Gasteiger partial charge in [-0.3, -0.25) is 0 Å². The van der Waals surface area contributed by atoms with Gasteiger partial charge in [0.1, 0.15) is 6.26 Å². The van der Waals surface area contributed by atoms with E-state index < -0.39 is 0 Å². The van der Waals surface area contributed by atoms with Gasteiger partial charge in [0.2, 0.25) is 5.89 Å². The Labute approximate surface area is 107 Å². The Morgan fingerprint density at radius 3 is 3.00 bits per heavy atom. The van der Waals surface area contributed by atoms with Gasteiger partial charge < -0.3 is 9.73 Å². The summed E-state index contributed by atoms with van der Waals surface area (Å²) in [5.41, 5.74) is 1.74. The van der Waals surface area contributed by atoms with Crippen LogP contribution in [0.5, 0.6) is 0 Å². The Balaban J connectivity index is 2.31. The SMILES string of the molecule is CNCc1coc(-c2ccc(Br)c(Cl)c2)n1. The number of halogens is 2. The lowest BCUT2D eigenvalue weighted by molar-refractivity contribution is 0.571. The van der Waals surface area contributed by atoms with Crippen LogP contribution in [-0.4, -0.2) is 12.0 Å². The molecule has 0 saturated heterocycles. The van der Waals surface area contributed by atoms with Crippen molar-refractivity contribution in [1.29, 1.82) is 0 Å². The van der Waals surface area contributed by atoms with Crippen molar-refractivity contribution in [2.75, 3.05) is 7.05 Å². The number of benzene rings is 1. The smallest absolute Gasteiger partial charge is 0.226 e. The average molecular weight is 302 g/mol. The topological polar surface area (TPSA) is 38.1 Å². The summed E-state index contributed by atoms with van der Waals surface area (Å²) < 4.78 is 6.23. The van der Waals surface area contributed by atoms with Crippen molar-refractivity contribution >= 4 is 27.5 Å². The normalized spacial score (nSPS) is 10.7. The van der Waals surface area contributed by atoms with E-state index in [1.807, 2.05) is 25.2 Å². The summed E-state index contributed by atoms with van der Waals surface area (Å²) in [6.45, 7) is 0.688. The van der Waals surface area contributed by atoms with Gasteiger partial charge in [-0.15, -0.1) is 0 Å². The molecule has 1 N–H and O–H groups in total. The van der Waals surface area contributed by atoms with Crippen LogP contribution in [0.25, 0.3) is 11.5 Å². The maximum atomic E-state index is 6.00. The van der Waals surface area contributed by atoms with Crippen molar-refractivity contribution < 1.29 is 4.42 Å². The summed E-state index contributed by atoms with van der Waals surface area (Å²) in [6, 6.07) is 5.60. The van der Waals surface area contributed by atoms with Crippen molar-refractivity contribution in [2.24, 2.45) is 0 Å². The molecular formula is C11H10BrClN2O. The van der Waals surface area contributed by atoms with Crippen LogP contribution in [0.3, 0.4) is 0 Å². The van der Waals surface area contributed by atoms with E-state index in [0.29, 0.717) is 17.5 Å². The van der Waals surface area contributed by atoms with E-state index in [0.717, 1.165) is 15.7 Å². The third kappa shape index (κ3) is 2.45. The molecule has 1 aromatic carbocycles. The third-order valence-electron chi connectivity index (χ3n) is 2.08. The Hall–Kier alpha value is -0.840. The Morgan fingerprint density at radius 2 is 2.31 bits per heavy atom. The molecule has 0 aliphatic heterocycles. The first-order valence-electron chi connectivity index (χ1n) is 4.75. The van der Waals surface area contributed by atoms with Crippen molar-refractivity contribution in [1.82, 2.24) is 10.3 Å². The second-order valence-electron chi connectivity index (χ2n) is 3.30. The molecule has 0 spiro atoms. The lowest BCUT2D eigenvalue weighted by Gasteiger charge is -1.98. The number of aromatic nitrogens is 1. The maximum absolute atomic E-state index is 6.00. The Bertz CT molecular complexity index is 498. The fraction of sp³-hybridized carbons (Fsp3) is 0.182. The molecular weight excluding hydrogens is 291 g/mol. The van der Waals surface area contributed by atoms with Gasteiger partial charge in [-0.25, -0.2) is 4.98 Å². The highest BCUT2D eigenvalue weighted by Gasteiger charge is 2.07. The lowest BCUT2D eigenvalue weighted by atomic mass is 10.2. The molecule has 0 aliphatic rings. The van der Waals surface area contributed by atoms with Crippen LogP contribution in [0.4, 0.5) is 0 Å². The van der Waals surface area contributed by atoms with E-state index in [1.54, 1.807) is 6.26 Å². The number of oxazole rings is 1. The second kappa shape index (κ2) is 4.99. The molecule has 84 valence electrons. The van der Waals surface area contributed by atoms with Crippen LogP contribution in [0.1, 0.15) is 5.69 Å². The Morgan fingerprint density at radius 1 is 1.50 bits per heavy atom. The molecule has 0 atom stereocenters. The highest BCUT2D eigenvalue weighted by Crippen LogP contribution is 2.28. The molecule has 0 fully saturated rings. The van der Waals surface area contributed by atoms with Gasteiger partial charge in [0, 0.05) is 16.6 Å². The van der Waals surface area contributed by atoms with Gasteiger partial charge >= 0.3 is 0 Å². The molecule has 0 aliphatic carbocycles. The van der Waals surface area contributed by atoms with Gasteiger partial charge in [0.05, 0.1) is 10.7 Å². The first-order chi connectivity index (χ1) is 7.70. The van der Waals surface area contributed by atoms with Gasteiger partial charge in [-0.05, 0) is 41.2 Å². The van der Waals surface area contributed by atoms with Gasteiger partial charge in [-0.2, -0.15) is 0 Å². The number of hydrogen-bond acceptors (Lipinski definition) is 3. The monoisotopic (exact) mass is 300 g/mol. The van der Waals surface area contributed by atoms with E-state index in [4.69, 9.17) is 16.0 Å². The number of hydrogen-bond donors (Lipinski definition) is 1. The van der Waals surface area contributed by atoms with Crippen LogP contribution in [-0.2, 0) is 6.54 Å². The molecule has 0 amide bonds. The first-order valence-corrected chi connectivity index (χ1v) is 5.92. The zero-order valence-electron chi connectivity index (χ0n) is 8.63. The van der Waals surface area contributed by atoms with Crippen LogP contribution in [0.15, 0.2) is 33.4 Å². The van der Waals surface area contributed by atoms with E-state index in [9.17, 15) is 0 Å². The van der Waals surface area contributed by atoms with Gasteiger partial charge in [0.15, 0.2) is 0 Å². The van der Waals surface area contributed by atoms with Crippen molar-refractivity contribution in [3.8, 4) is 11.5 Å². The molecule has 0 unspecified atom stereocenters. The zero-order valence-corrected chi connectivity index (χ0v) is 11.0. The fourth-order valence-electron chi connectivity index (χ4n) is 1.33. The predicted molar refractivity (Wildman–Crippen MR) is 67.4 cm³/mol. The van der Waals surface area contributed by atoms with Crippen LogP contribution >= 0.6 is 27.5 Å². The average Bonchev–Trinajstić information content (AvgIpc) is 2.71. The highest BCUT2D eigenvalue weighted by atomic mass is 79.9. The number of nitrogens with one attached hydrogen (secondary N) is 1. The first kappa shape index (κ1) is 11.6. The van der Waals surface area contributed by atoms with E-state index in [-0.39, 0.29) is 0 Å². The minimum atomic E-state index is 0.583. The number of nitrogens with zero attached hydrogens (tertiary/aromatic N) is 1. The number of rotatable bonds is 3. The summed E-state index contributed by atoms with van der Waals surface area (Å²) in [5, 5.41) is 3.66. The highest BCUT2D eigenvalue weighted by molar-refractivity contribution is 9.10. The van der Waals surface area contributed by atoms with Gasteiger partial charge in [-0.1, -0.05) is 11.6 Å². The summed E-state index contributed by atoms with van der Waals surface area (Å²) in [6.07, 6.45) is 1.64. The van der Waals surface area contributed by atoms with E-state index in [1.165, 1.54) is 0 Å². The Kier molecular flexibility index (Phi) is 3.63. The van der Waals surface area contributed by atoms with Crippen molar-refractivity contribution in [3.63, 3.8) is 0 Å². The molecule has 1 heterocycles. The molecule has 2 rings (SSSR count). The molecule has 3 nitrogen and oxygen atoms in total. The minimum absolute atomic E-state index is 0.583. The van der Waals surface area contributed by atoms with Crippen LogP contribution in [0, 0.1) is 0 Å². The molecule has 16 heavy (non-hydrogen) atoms. The summed E-state index contributed by atoms with van der Waals surface area (Å²) >= 11 is 9.34. The maximum Gasteiger partial charge on any atom is 0.226 e. The van der Waals surface area contributed by atoms with E-state index in [2.05, 4.69) is 26.2 Å². The molecule has 1 aromatic heterocycles. The third-order valence-corrected chi connectivity index (χ3v) is 3.31. The van der Waals surface area contributed by atoms with Crippen molar-refractivity contribution in [3.05, 3.63) is 39.7 Å². The predicted octanol–water partition coefficient (Wildman–Crippen LogP) is 3.48. The van der Waals surface area contributed by atoms with Gasteiger partial charge in [0.25, 0.3) is 0 Å². The zero-order chi connectivity index (χ0) is 11.5. The summed E-state index contributed by atoms with van der Waals surface area (Å²) in [5.74, 6) is 0.583. The lowest BCUT2D eigenvalue weighted by Crippen LogP contribution is -2.04.